The molecular formula is C17H23NO3. The summed E-state index contributed by atoms with van der Waals surface area (Å²) in [5.74, 6) is 0.891. The molecule has 2 aromatic rings. The average molecular weight is 289 g/mol. The summed E-state index contributed by atoms with van der Waals surface area (Å²) in [7, 11) is 0. The van der Waals surface area contributed by atoms with E-state index in [0.717, 1.165) is 18.8 Å². The molecule has 114 valence electrons. The minimum atomic E-state index is 0.0433. The van der Waals surface area contributed by atoms with Crippen LogP contribution in [-0.4, -0.2) is 38.1 Å². The second-order valence-electron chi connectivity index (χ2n) is 4.73. The Morgan fingerprint density at radius 1 is 1.05 bits per heavy atom. The first kappa shape index (κ1) is 15.8. The van der Waals surface area contributed by atoms with Gasteiger partial charge in [-0.15, -0.1) is 0 Å². The molecule has 0 aliphatic carbocycles. The van der Waals surface area contributed by atoms with Gasteiger partial charge < -0.3 is 19.9 Å². The summed E-state index contributed by atoms with van der Waals surface area (Å²) in [6, 6.07) is 12.4. The number of ether oxygens (including phenoxy) is 2. The fourth-order valence-electron chi connectivity index (χ4n) is 2.26. The summed E-state index contributed by atoms with van der Waals surface area (Å²) < 4.78 is 11.1. The number of nitrogens with one attached hydrogen (secondary N) is 1. The highest BCUT2D eigenvalue weighted by atomic mass is 16.5. The summed E-state index contributed by atoms with van der Waals surface area (Å²) in [6.45, 7) is 5.15. The van der Waals surface area contributed by atoms with Crippen LogP contribution in [0.5, 0.6) is 5.75 Å². The zero-order valence-corrected chi connectivity index (χ0v) is 12.5. The normalized spacial score (nSPS) is 11.0. The number of hydrogen-bond acceptors (Lipinski definition) is 4. The Hall–Kier alpha value is -1.62. The lowest BCUT2D eigenvalue weighted by Gasteiger charge is -2.14. The van der Waals surface area contributed by atoms with E-state index in [1.54, 1.807) is 0 Å². The van der Waals surface area contributed by atoms with Crippen molar-refractivity contribution in [2.45, 2.75) is 13.5 Å². The molecule has 0 saturated heterocycles. The van der Waals surface area contributed by atoms with Crippen molar-refractivity contribution in [1.29, 1.82) is 0 Å². The standard InChI is InChI=1S/C17H23NO3/c1-2-18-13-16-15-6-4-3-5-14(15)7-8-17(16)21-12-11-20-10-9-19/h3-8,18-19H,2,9-13H2,1H3. The van der Waals surface area contributed by atoms with Gasteiger partial charge in [-0.2, -0.15) is 0 Å². The van der Waals surface area contributed by atoms with Crippen molar-refractivity contribution in [2.75, 3.05) is 33.0 Å². The Labute approximate surface area is 125 Å². The molecule has 0 aliphatic rings. The van der Waals surface area contributed by atoms with Crippen LogP contribution in [0.3, 0.4) is 0 Å². The second-order valence-corrected chi connectivity index (χ2v) is 4.73. The maximum atomic E-state index is 8.67. The Morgan fingerprint density at radius 2 is 1.90 bits per heavy atom. The van der Waals surface area contributed by atoms with Gasteiger partial charge in [-0.05, 0) is 23.4 Å². The van der Waals surface area contributed by atoms with Gasteiger partial charge in [0.1, 0.15) is 12.4 Å². The lowest BCUT2D eigenvalue weighted by atomic mass is 10.0. The van der Waals surface area contributed by atoms with Gasteiger partial charge in [0.05, 0.1) is 19.8 Å². The van der Waals surface area contributed by atoms with E-state index in [9.17, 15) is 0 Å². The maximum absolute atomic E-state index is 8.67. The molecule has 0 unspecified atom stereocenters. The number of benzene rings is 2. The van der Waals surface area contributed by atoms with E-state index in [1.165, 1.54) is 16.3 Å². The topological polar surface area (TPSA) is 50.7 Å². The van der Waals surface area contributed by atoms with Crippen molar-refractivity contribution < 1.29 is 14.6 Å². The van der Waals surface area contributed by atoms with E-state index in [0.29, 0.717) is 19.8 Å². The molecule has 0 heterocycles. The van der Waals surface area contributed by atoms with Gasteiger partial charge in [-0.1, -0.05) is 37.3 Å². The van der Waals surface area contributed by atoms with Crippen molar-refractivity contribution in [1.82, 2.24) is 5.32 Å². The van der Waals surface area contributed by atoms with Crippen LogP contribution >= 0.6 is 0 Å². The molecule has 2 aromatic carbocycles. The third-order valence-electron chi connectivity index (χ3n) is 3.27. The minimum absolute atomic E-state index is 0.0433. The molecule has 0 saturated carbocycles. The molecule has 2 N–H and O–H groups in total. The molecular weight excluding hydrogens is 266 g/mol. The Kier molecular flexibility index (Phi) is 6.47. The van der Waals surface area contributed by atoms with Crippen molar-refractivity contribution >= 4 is 10.8 Å². The van der Waals surface area contributed by atoms with Crippen LogP contribution in [0.15, 0.2) is 36.4 Å². The van der Waals surface area contributed by atoms with Gasteiger partial charge in [0, 0.05) is 12.1 Å². The first-order valence-corrected chi connectivity index (χ1v) is 7.39. The van der Waals surface area contributed by atoms with Gasteiger partial charge >= 0.3 is 0 Å². The number of fused-ring (bicyclic) bond motifs is 1. The molecule has 0 radical (unpaired) electrons. The summed E-state index contributed by atoms with van der Waals surface area (Å²) in [5.41, 5.74) is 1.18. The molecule has 0 atom stereocenters. The van der Waals surface area contributed by atoms with Gasteiger partial charge in [0.15, 0.2) is 0 Å². The van der Waals surface area contributed by atoms with Crippen LogP contribution in [-0.2, 0) is 11.3 Å². The highest BCUT2D eigenvalue weighted by molar-refractivity contribution is 5.87. The van der Waals surface area contributed by atoms with Crippen molar-refractivity contribution in [3.8, 4) is 5.75 Å². The van der Waals surface area contributed by atoms with Gasteiger partial charge in [-0.25, -0.2) is 0 Å². The van der Waals surface area contributed by atoms with E-state index < -0.39 is 0 Å². The summed E-state index contributed by atoms with van der Waals surface area (Å²) in [5, 5.41) is 14.5. The lowest BCUT2D eigenvalue weighted by Crippen LogP contribution is -2.15. The SMILES string of the molecule is CCNCc1c(OCCOCCO)ccc2ccccc12. The molecule has 0 aliphatic heterocycles. The van der Waals surface area contributed by atoms with Crippen LogP contribution in [0, 0.1) is 0 Å². The quantitative estimate of drug-likeness (QED) is 0.696. The Morgan fingerprint density at radius 3 is 2.71 bits per heavy atom. The van der Waals surface area contributed by atoms with E-state index in [1.807, 2.05) is 18.2 Å². The second kappa shape index (κ2) is 8.62. The summed E-state index contributed by atoms with van der Waals surface area (Å²) >= 11 is 0. The van der Waals surface area contributed by atoms with E-state index in [4.69, 9.17) is 14.6 Å². The minimum Gasteiger partial charge on any atom is -0.491 e. The molecule has 4 heteroatoms. The first-order chi connectivity index (χ1) is 10.4. The Bertz CT molecular complexity index is 557. The number of aliphatic hydroxyl groups is 1. The van der Waals surface area contributed by atoms with Crippen molar-refractivity contribution in [2.24, 2.45) is 0 Å². The predicted octanol–water partition coefficient (Wildman–Crippen LogP) is 2.34. The zero-order valence-electron chi connectivity index (χ0n) is 12.5. The highest BCUT2D eigenvalue weighted by Gasteiger charge is 2.08. The maximum Gasteiger partial charge on any atom is 0.124 e. The molecule has 0 bridgehead atoms. The van der Waals surface area contributed by atoms with E-state index in [-0.39, 0.29) is 6.61 Å². The predicted molar refractivity (Wildman–Crippen MR) is 84.7 cm³/mol. The number of hydrogen-bond donors (Lipinski definition) is 2. The fourth-order valence-corrected chi connectivity index (χ4v) is 2.26. The third kappa shape index (κ3) is 4.43. The van der Waals surface area contributed by atoms with Crippen molar-refractivity contribution in [3.05, 3.63) is 42.0 Å². The smallest absolute Gasteiger partial charge is 0.124 e. The first-order valence-electron chi connectivity index (χ1n) is 7.39. The summed E-state index contributed by atoms with van der Waals surface area (Å²) in [4.78, 5) is 0. The zero-order chi connectivity index (χ0) is 14.9. The van der Waals surface area contributed by atoms with Crippen LogP contribution in [0.2, 0.25) is 0 Å². The monoisotopic (exact) mass is 289 g/mol. The van der Waals surface area contributed by atoms with E-state index in [2.05, 4.69) is 30.4 Å². The third-order valence-corrected chi connectivity index (χ3v) is 3.27. The van der Waals surface area contributed by atoms with Crippen molar-refractivity contribution in [3.63, 3.8) is 0 Å². The van der Waals surface area contributed by atoms with Gasteiger partial charge in [0.2, 0.25) is 0 Å². The molecule has 0 amide bonds. The molecule has 0 spiro atoms. The fraction of sp³-hybridized carbons (Fsp3) is 0.412. The molecule has 21 heavy (non-hydrogen) atoms. The van der Waals surface area contributed by atoms with Crippen LogP contribution in [0.4, 0.5) is 0 Å². The largest absolute Gasteiger partial charge is 0.491 e. The molecule has 2 rings (SSSR count). The number of aliphatic hydroxyl groups excluding tert-OH is 1. The Balaban J connectivity index is 2.13. The lowest BCUT2D eigenvalue weighted by molar-refractivity contribution is 0.0703. The average Bonchev–Trinajstić information content (AvgIpc) is 2.53. The van der Waals surface area contributed by atoms with Crippen LogP contribution in [0.25, 0.3) is 10.8 Å². The molecule has 4 nitrogen and oxygen atoms in total. The molecule has 0 aromatic heterocycles. The molecule has 0 fully saturated rings. The van der Waals surface area contributed by atoms with Gasteiger partial charge in [-0.3, -0.25) is 0 Å². The van der Waals surface area contributed by atoms with Crippen LogP contribution < -0.4 is 10.1 Å². The summed E-state index contributed by atoms with van der Waals surface area (Å²) in [6.07, 6.45) is 0. The van der Waals surface area contributed by atoms with E-state index >= 15 is 0 Å². The van der Waals surface area contributed by atoms with Gasteiger partial charge in [0.25, 0.3) is 0 Å². The highest BCUT2D eigenvalue weighted by Crippen LogP contribution is 2.28. The van der Waals surface area contributed by atoms with Crippen LogP contribution in [0.1, 0.15) is 12.5 Å². The number of rotatable bonds is 9.